The maximum absolute atomic E-state index is 13.7. The molecule has 1 saturated heterocycles. The summed E-state index contributed by atoms with van der Waals surface area (Å²) in [5.74, 6) is 0.998. The van der Waals surface area contributed by atoms with E-state index in [4.69, 9.17) is 0 Å². The first-order valence-electron chi connectivity index (χ1n) is 9.51. The number of hydrogen-bond acceptors (Lipinski definition) is 6. The van der Waals surface area contributed by atoms with Crippen LogP contribution in [0.2, 0.25) is 0 Å². The van der Waals surface area contributed by atoms with Gasteiger partial charge in [-0.1, -0.05) is 6.07 Å². The van der Waals surface area contributed by atoms with E-state index in [1.807, 2.05) is 20.2 Å². The maximum Gasteiger partial charge on any atom is 0.238 e. The van der Waals surface area contributed by atoms with Gasteiger partial charge in [-0.25, -0.2) is 14.4 Å². The van der Waals surface area contributed by atoms with Crippen LogP contribution in [-0.2, 0) is 11.3 Å². The second-order valence-electron chi connectivity index (χ2n) is 6.97. The Morgan fingerprint density at radius 3 is 2.89 bits per heavy atom. The zero-order valence-electron chi connectivity index (χ0n) is 16.6. The number of benzene rings is 1. The Labute approximate surface area is 164 Å². The molecule has 1 aromatic carbocycles. The number of halogens is 1. The van der Waals surface area contributed by atoms with Gasteiger partial charge in [0.15, 0.2) is 0 Å². The van der Waals surface area contributed by atoms with E-state index in [1.165, 1.54) is 6.07 Å². The van der Waals surface area contributed by atoms with Crippen LogP contribution < -0.4 is 16.0 Å². The van der Waals surface area contributed by atoms with Gasteiger partial charge in [0.25, 0.3) is 0 Å². The Kier molecular flexibility index (Phi) is 6.53. The van der Waals surface area contributed by atoms with Gasteiger partial charge in [0.05, 0.1) is 18.3 Å². The Balaban J connectivity index is 1.73. The number of aromatic nitrogens is 2. The number of hydrogen-bond donors (Lipinski definition) is 3. The highest BCUT2D eigenvalue weighted by Gasteiger charge is 2.30. The highest BCUT2D eigenvalue weighted by Crippen LogP contribution is 2.30. The van der Waals surface area contributed by atoms with Crippen molar-refractivity contribution >= 4 is 17.4 Å². The molecule has 3 N–H and O–H groups in total. The van der Waals surface area contributed by atoms with Crippen molar-refractivity contribution < 1.29 is 9.18 Å². The number of nitrogens with one attached hydrogen (secondary N) is 3. The van der Waals surface area contributed by atoms with Crippen molar-refractivity contribution in [1.82, 2.24) is 20.2 Å². The van der Waals surface area contributed by atoms with Gasteiger partial charge in [0.1, 0.15) is 17.5 Å². The van der Waals surface area contributed by atoms with Crippen molar-refractivity contribution in [3.63, 3.8) is 0 Å². The summed E-state index contributed by atoms with van der Waals surface area (Å²) in [6.45, 7) is 3.32. The topological polar surface area (TPSA) is 82.2 Å². The first-order valence-corrected chi connectivity index (χ1v) is 9.51. The lowest BCUT2D eigenvalue weighted by molar-refractivity contribution is -0.117. The Bertz CT molecular complexity index is 843. The standard InChI is InChI=1S/C20H27FN6O/c1-13-15(21)6-4-7-16(13)25-19(28)12-27-9-5-8-17(27)20-24-14(11-22-2)10-18(23-3)26-20/h4,6-7,10,17,22H,5,8-9,11-12H2,1-3H3,(H,25,28)(H,23,24,26)/t17-/m0/s1. The number of amides is 1. The van der Waals surface area contributed by atoms with E-state index >= 15 is 0 Å². The van der Waals surface area contributed by atoms with Gasteiger partial charge in [0, 0.05) is 30.9 Å². The molecule has 0 saturated carbocycles. The van der Waals surface area contributed by atoms with Crippen LogP contribution in [-0.4, -0.2) is 48.0 Å². The number of nitrogens with zero attached hydrogens (tertiary/aromatic N) is 3. The fourth-order valence-electron chi connectivity index (χ4n) is 3.49. The van der Waals surface area contributed by atoms with Crippen LogP contribution in [0, 0.1) is 12.7 Å². The van der Waals surface area contributed by atoms with Crippen LogP contribution in [0.15, 0.2) is 24.3 Å². The molecule has 1 atom stereocenters. The van der Waals surface area contributed by atoms with E-state index in [0.29, 0.717) is 17.8 Å². The van der Waals surface area contributed by atoms with Crippen molar-refractivity contribution in [2.24, 2.45) is 0 Å². The molecular weight excluding hydrogens is 359 g/mol. The maximum atomic E-state index is 13.7. The molecule has 8 heteroatoms. The Morgan fingerprint density at radius 2 is 2.14 bits per heavy atom. The fraction of sp³-hybridized carbons (Fsp3) is 0.450. The quantitative estimate of drug-likeness (QED) is 0.678. The van der Waals surface area contributed by atoms with Crippen molar-refractivity contribution in [3.8, 4) is 0 Å². The molecule has 0 spiro atoms. The molecule has 7 nitrogen and oxygen atoms in total. The number of rotatable bonds is 7. The summed E-state index contributed by atoms with van der Waals surface area (Å²) in [6, 6.07) is 6.59. The largest absolute Gasteiger partial charge is 0.373 e. The molecule has 1 aliphatic rings. The smallest absolute Gasteiger partial charge is 0.238 e. The second-order valence-corrected chi connectivity index (χ2v) is 6.97. The number of anilines is 2. The molecule has 0 unspecified atom stereocenters. The summed E-state index contributed by atoms with van der Waals surface area (Å²) >= 11 is 0. The average molecular weight is 386 g/mol. The summed E-state index contributed by atoms with van der Waals surface area (Å²) < 4.78 is 13.7. The molecule has 1 amide bonds. The monoisotopic (exact) mass is 386 g/mol. The predicted octanol–water partition coefficient (Wildman–Crippen LogP) is 2.46. The minimum absolute atomic E-state index is 0.0109. The highest BCUT2D eigenvalue weighted by atomic mass is 19.1. The number of likely N-dealkylation sites (tertiary alicyclic amines) is 1. The van der Waals surface area contributed by atoms with Gasteiger partial charge in [-0.05, 0) is 45.5 Å². The van der Waals surface area contributed by atoms with Crippen molar-refractivity contribution in [1.29, 1.82) is 0 Å². The molecule has 0 aliphatic carbocycles. The van der Waals surface area contributed by atoms with Crippen LogP contribution in [0.3, 0.4) is 0 Å². The van der Waals surface area contributed by atoms with Crippen molar-refractivity contribution in [2.45, 2.75) is 32.4 Å². The zero-order chi connectivity index (χ0) is 20.1. The summed E-state index contributed by atoms with van der Waals surface area (Å²) in [5.41, 5.74) is 1.85. The molecule has 0 bridgehead atoms. The minimum atomic E-state index is -0.328. The predicted molar refractivity (Wildman–Crippen MR) is 108 cm³/mol. The van der Waals surface area contributed by atoms with Crippen LogP contribution in [0.5, 0.6) is 0 Å². The van der Waals surface area contributed by atoms with Crippen molar-refractivity contribution in [2.75, 3.05) is 37.8 Å². The molecule has 3 rings (SSSR count). The molecule has 2 aromatic rings. The fourth-order valence-corrected chi connectivity index (χ4v) is 3.49. The van der Waals surface area contributed by atoms with Gasteiger partial charge < -0.3 is 16.0 Å². The van der Waals surface area contributed by atoms with E-state index in [1.54, 1.807) is 19.1 Å². The third kappa shape index (κ3) is 4.63. The van der Waals surface area contributed by atoms with Gasteiger partial charge in [-0.3, -0.25) is 9.69 Å². The van der Waals surface area contributed by atoms with Gasteiger partial charge in [-0.2, -0.15) is 0 Å². The lowest BCUT2D eigenvalue weighted by Gasteiger charge is -2.23. The lowest BCUT2D eigenvalue weighted by atomic mass is 10.2. The van der Waals surface area contributed by atoms with Crippen LogP contribution >= 0.6 is 0 Å². The van der Waals surface area contributed by atoms with Crippen LogP contribution in [0.25, 0.3) is 0 Å². The lowest BCUT2D eigenvalue weighted by Crippen LogP contribution is -2.34. The van der Waals surface area contributed by atoms with Crippen LogP contribution in [0.1, 0.15) is 36.0 Å². The highest BCUT2D eigenvalue weighted by molar-refractivity contribution is 5.93. The zero-order valence-corrected chi connectivity index (χ0v) is 16.6. The molecule has 0 radical (unpaired) electrons. The summed E-state index contributed by atoms with van der Waals surface area (Å²) in [6.07, 6.45) is 1.88. The van der Waals surface area contributed by atoms with E-state index in [0.717, 1.165) is 36.7 Å². The van der Waals surface area contributed by atoms with Crippen molar-refractivity contribution in [3.05, 3.63) is 47.2 Å². The first kappa shape index (κ1) is 20.2. The minimum Gasteiger partial charge on any atom is -0.373 e. The molecule has 1 fully saturated rings. The first-order chi connectivity index (χ1) is 13.5. The molecule has 150 valence electrons. The van der Waals surface area contributed by atoms with E-state index < -0.39 is 0 Å². The molecule has 2 heterocycles. The third-order valence-electron chi connectivity index (χ3n) is 4.96. The average Bonchev–Trinajstić information content (AvgIpc) is 3.13. The van der Waals surface area contributed by atoms with E-state index in [-0.39, 0.29) is 24.3 Å². The van der Waals surface area contributed by atoms with Gasteiger partial charge in [-0.15, -0.1) is 0 Å². The summed E-state index contributed by atoms with van der Waals surface area (Å²) in [5, 5.41) is 9.00. The summed E-state index contributed by atoms with van der Waals surface area (Å²) in [4.78, 5) is 23.9. The molecule has 28 heavy (non-hydrogen) atoms. The molecular formula is C20H27FN6O. The van der Waals surface area contributed by atoms with Gasteiger partial charge in [0.2, 0.25) is 5.91 Å². The van der Waals surface area contributed by atoms with Gasteiger partial charge >= 0.3 is 0 Å². The van der Waals surface area contributed by atoms with E-state index in [2.05, 4.69) is 30.8 Å². The molecule has 1 aromatic heterocycles. The Morgan fingerprint density at radius 1 is 1.32 bits per heavy atom. The normalized spacial score (nSPS) is 16.9. The Hall–Kier alpha value is -2.58. The number of carbonyl (C=O) groups is 1. The molecule has 1 aliphatic heterocycles. The summed E-state index contributed by atoms with van der Waals surface area (Å²) in [7, 11) is 3.71. The third-order valence-corrected chi connectivity index (χ3v) is 4.96. The number of carbonyl (C=O) groups excluding carboxylic acids is 1. The van der Waals surface area contributed by atoms with E-state index in [9.17, 15) is 9.18 Å². The van der Waals surface area contributed by atoms with Crippen LogP contribution in [0.4, 0.5) is 15.9 Å². The second kappa shape index (κ2) is 9.07. The SMILES string of the molecule is CNCc1cc(NC)nc([C@@H]2CCCN2CC(=O)Nc2cccc(F)c2C)n1.